The van der Waals surface area contributed by atoms with Gasteiger partial charge in [-0.3, -0.25) is 0 Å². The molecule has 0 saturated carbocycles. The smallest absolute Gasteiger partial charge is 0.317 e. The number of nitrogens with zero attached hydrogens (tertiary/aromatic N) is 3. The maximum Gasteiger partial charge on any atom is 0.317 e. The third-order valence-corrected chi connectivity index (χ3v) is 4.91. The number of sulfone groups is 1. The highest BCUT2D eigenvalue weighted by Crippen LogP contribution is 2.08. The van der Waals surface area contributed by atoms with E-state index < -0.39 is 9.84 Å². The number of hydrogen-bond donors (Lipinski definition) is 1. The van der Waals surface area contributed by atoms with Gasteiger partial charge in [-0.05, 0) is 12.1 Å². The van der Waals surface area contributed by atoms with Crippen LogP contribution in [0.15, 0.2) is 18.2 Å². The monoisotopic (exact) mass is 312 g/mol. The fourth-order valence-electron chi connectivity index (χ4n) is 2.01. The normalized spacial score (nSPS) is 17.3. The molecule has 0 radical (unpaired) electrons. The summed E-state index contributed by atoms with van der Waals surface area (Å²) in [7, 11) is 0.832. The summed E-state index contributed by atoms with van der Waals surface area (Å²) in [4.78, 5) is 19.8. The van der Waals surface area contributed by atoms with Crippen molar-refractivity contribution in [3.63, 3.8) is 0 Å². The number of pyridine rings is 1. The zero-order chi connectivity index (χ0) is 15.5. The average Bonchev–Trinajstić information content (AvgIpc) is 2.45. The molecule has 1 saturated heterocycles. The topological polar surface area (TPSA) is 82.6 Å². The first-order valence-electron chi connectivity index (χ1n) is 6.74. The molecule has 1 fully saturated rings. The Morgan fingerprint density at radius 2 is 2.00 bits per heavy atom. The van der Waals surface area contributed by atoms with Crippen LogP contribution in [-0.2, 0) is 16.4 Å². The number of anilines is 1. The average molecular weight is 312 g/mol. The van der Waals surface area contributed by atoms with Crippen LogP contribution < -0.4 is 10.2 Å². The van der Waals surface area contributed by atoms with E-state index in [9.17, 15) is 13.2 Å². The van der Waals surface area contributed by atoms with E-state index in [0.717, 1.165) is 11.5 Å². The molecule has 1 aromatic heterocycles. The SMILES string of the molecule is CN(C)c1cccc(CNC(=O)N2CCS(=O)(=O)CC2)n1. The van der Waals surface area contributed by atoms with Gasteiger partial charge in [0.15, 0.2) is 9.84 Å². The third kappa shape index (κ3) is 4.32. The Morgan fingerprint density at radius 3 is 2.62 bits per heavy atom. The van der Waals surface area contributed by atoms with Crippen molar-refractivity contribution < 1.29 is 13.2 Å². The first-order valence-corrected chi connectivity index (χ1v) is 8.56. The molecule has 2 amide bonds. The molecule has 0 atom stereocenters. The van der Waals surface area contributed by atoms with Gasteiger partial charge < -0.3 is 15.1 Å². The Kier molecular flexibility index (Phi) is 4.66. The van der Waals surface area contributed by atoms with E-state index in [0.29, 0.717) is 6.54 Å². The van der Waals surface area contributed by atoms with Gasteiger partial charge in [-0.15, -0.1) is 0 Å². The van der Waals surface area contributed by atoms with E-state index in [1.807, 2.05) is 37.2 Å². The van der Waals surface area contributed by atoms with Crippen molar-refractivity contribution >= 4 is 21.7 Å². The Labute approximate surface area is 124 Å². The molecule has 7 nitrogen and oxygen atoms in total. The summed E-state index contributed by atoms with van der Waals surface area (Å²) in [6, 6.07) is 5.37. The lowest BCUT2D eigenvalue weighted by molar-refractivity contribution is 0.201. The van der Waals surface area contributed by atoms with Crippen LogP contribution in [0.1, 0.15) is 5.69 Å². The van der Waals surface area contributed by atoms with Crippen LogP contribution in [0.4, 0.5) is 10.6 Å². The zero-order valence-electron chi connectivity index (χ0n) is 12.2. The molecule has 0 aliphatic carbocycles. The van der Waals surface area contributed by atoms with Crippen LogP contribution in [0.2, 0.25) is 0 Å². The number of carbonyl (C=O) groups is 1. The summed E-state index contributed by atoms with van der Waals surface area (Å²) in [6.07, 6.45) is 0. The van der Waals surface area contributed by atoms with E-state index in [2.05, 4.69) is 10.3 Å². The molecule has 2 rings (SSSR count). The van der Waals surface area contributed by atoms with Crippen LogP contribution >= 0.6 is 0 Å². The number of hydrogen-bond acceptors (Lipinski definition) is 5. The molecular weight excluding hydrogens is 292 g/mol. The van der Waals surface area contributed by atoms with Crippen LogP contribution in [0, 0.1) is 0 Å². The third-order valence-electron chi connectivity index (χ3n) is 3.30. The lowest BCUT2D eigenvalue weighted by atomic mass is 10.3. The highest BCUT2D eigenvalue weighted by molar-refractivity contribution is 7.91. The van der Waals surface area contributed by atoms with Crippen molar-refractivity contribution in [3.8, 4) is 0 Å². The first-order chi connectivity index (χ1) is 9.87. The quantitative estimate of drug-likeness (QED) is 0.855. The summed E-state index contributed by atoms with van der Waals surface area (Å²) < 4.78 is 22.7. The molecule has 0 bridgehead atoms. The molecule has 1 N–H and O–H groups in total. The van der Waals surface area contributed by atoms with E-state index in [-0.39, 0.29) is 30.6 Å². The lowest BCUT2D eigenvalue weighted by Gasteiger charge is -2.26. The highest BCUT2D eigenvalue weighted by atomic mass is 32.2. The van der Waals surface area contributed by atoms with Gasteiger partial charge in [0.25, 0.3) is 0 Å². The van der Waals surface area contributed by atoms with Crippen LogP contribution in [-0.4, -0.2) is 63.0 Å². The summed E-state index contributed by atoms with van der Waals surface area (Å²) in [5, 5.41) is 2.77. The molecule has 0 spiro atoms. The molecule has 1 aromatic rings. The van der Waals surface area contributed by atoms with Gasteiger partial charge in [0.05, 0.1) is 23.7 Å². The van der Waals surface area contributed by atoms with E-state index in [1.54, 1.807) is 0 Å². The predicted octanol–water partition coefficient (Wildman–Crippen LogP) is 0.0876. The molecule has 2 heterocycles. The summed E-state index contributed by atoms with van der Waals surface area (Å²) >= 11 is 0. The minimum absolute atomic E-state index is 0.0365. The van der Waals surface area contributed by atoms with Gasteiger partial charge in [0.2, 0.25) is 0 Å². The van der Waals surface area contributed by atoms with Crippen LogP contribution in [0.3, 0.4) is 0 Å². The van der Waals surface area contributed by atoms with Crippen LogP contribution in [0.25, 0.3) is 0 Å². The zero-order valence-corrected chi connectivity index (χ0v) is 13.1. The lowest BCUT2D eigenvalue weighted by Crippen LogP contribution is -2.48. The van der Waals surface area contributed by atoms with Crippen molar-refractivity contribution in [2.45, 2.75) is 6.54 Å². The second-order valence-corrected chi connectivity index (χ2v) is 7.48. The fraction of sp³-hybridized carbons (Fsp3) is 0.538. The molecular formula is C13H20N4O3S. The molecule has 21 heavy (non-hydrogen) atoms. The van der Waals surface area contributed by atoms with E-state index >= 15 is 0 Å². The summed E-state index contributed by atoms with van der Waals surface area (Å²) in [5.41, 5.74) is 0.763. The van der Waals surface area contributed by atoms with Gasteiger partial charge >= 0.3 is 6.03 Å². The minimum atomic E-state index is -2.97. The number of urea groups is 1. The number of amides is 2. The van der Waals surface area contributed by atoms with Gasteiger partial charge in [-0.25, -0.2) is 18.2 Å². The number of carbonyl (C=O) groups excluding carboxylic acids is 1. The Bertz CT molecular complexity index is 602. The fourth-order valence-corrected chi connectivity index (χ4v) is 3.21. The van der Waals surface area contributed by atoms with Gasteiger partial charge in [-0.1, -0.05) is 6.07 Å². The Hall–Kier alpha value is -1.83. The van der Waals surface area contributed by atoms with Gasteiger partial charge in [0, 0.05) is 27.2 Å². The summed E-state index contributed by atoms with van der Waals surface area (Å²) in [5.74, 6) is 0.898. The number of rotatable bonds is 3. The maximum absolute atomic E-state index is 12.0. The first kappa shape index (κ1) is 15.6. The number of aromatic nitrogens is 1. The summed E-state index contributed by atoms with van der Waals surface area (Å²) in [6.45, 7) is 0.822. The molecule has 0 aromatic carbocycles. The van der Waals surface area contributed by atoms with Crippen molar-refractivity contribution in [2.75, 3.05) is 43.6 Å². The molecule has 1 aliphatic rings. The van der Waals surface area contributed by atoms with Crippen molar-refractivity contribution in [1.82, 2.24) is 15.2 Å². The Balaban J connectivity index is 1.88. The minimum Gasteiger partial charge on any atom is -0.363 e. The predicted molar refractivity (Wildman–Crippen MR) is 81.0 cm³/mol. The molecule has 116 valence electrons. The maximum atomic E-state index is 12.0. The Morgan fingerprint density at radius 1 is 1.33 bits per heavy atom. The van der Waals surface area contributed by atoms with Crippen molar-refractivity contribution in [1.29, 1.82) is 0 Å². The van der Waals surface area contributed by atoms with E-state index in [1.165, 1.54) is 4.90 Å². The van der Waals surface area contributed by atoms with E-state index in [4.69, 9.17) is 0 Å². The van der Waals surface area contributed by atoms with Crippen molar-refractivity contribution in [2.24, 2.45) is 0 Å². The van der Waals surface area contributed by atoms with Crippen molar-refractivity contribution in [3.05, 3.63) is 23.9 Å². The largest absolute Gasteiger partial charge is 0.363 e. The molecule has 8 heteroatoms. The van der Waals surface area contributed by atoms with Gasteiger partial charge in [0.1, 0.15) is 5.82 Å². The van der Waals surface area contributed by atoms with Crippen LogP contribution in [0.5, 0.6) is 0 Å². The second kappa shape index (κ2) is 6.30. The van der Waals surface area contributed by atoms with Gasteiger partial charge in [-0.2, -0.15) is 0 Å². The second-order valence-electron chi connectivity index (χ2n) is 5.18. The number of nitrogens with one attached hydrogen (secondary N) is 1. The highest BCUT2D eigenvalue weighted by Gasteiger charge is 2.24. The molecule has 0 unspecified atom stereocenters. The molecule has 1 aliphatic heterocycles. The standard InChI is InChI=1S/C13H20N4O3S/c1-16(2)12-5-3-4-11(15-12)10-14-13(18)17-6-8-21(19,20)9-7-17/h3-5H,6-10H2,1-2H3,(H,14,18).